The Balaban J connectivity index is 1.90. The average molecular weight is 222 g/mol. The highest BCUT2D eigenvalue weighted by Crippen LogP contribution is 2.10. The maximum Gasteiger partial charge on any atom is 0.0850 e. The molecule has 1 aromatic heterocycles. The summed E-state index contributed by atoms with van der Waals surface area (Å²) in [5.41, 5.74) is 6.84. The fourth-order valence-corrected chi connectivity index (χ4v) is 1.83. The van der Waals surface area contributed by atoms with Crippen molar-refractivity contribution in [3.05, 3.63) is 24.3 Å². The monoisotopic (exact) mass is 222 g/mol. The van der Waals surface area contributed by atoms with Crippen molar-refractivity contribution in [2.24, 2.45) is 5.73 Å². The van der Waals surface area contributed by atoms with Crippen LogP contribution in [0.2, 0.25) is 0 Å². The fourth-order valence-electron chi connectivity index (χ4n) is 1.83. The molecular weight excluding hydrogens is 204 g/mol. The molecule has 88 valence electrons. The van der Waals surface area contributed by atoms with Crippen LogP contribution in [0.4, 0.5) is 0 Å². The summed E-state index contributed by atoms with van der Waals surface area (Å²) in [6, 6.07) is 0.0738. The van der Waals surface area contributed by atoms with Crippen molar-refractivity contribution < 1.29 is 4.74 Å². The molecule has 2 atom stereocenters. The van der Waals surface area contributed by atoms with Crippen LogP contribution in [-0.4, -0.2) is 46.7 Å². The van der Waals surface area contributed by atoms with Gasteiger partial charge in [0.1, 0.15) is 0 Å². The number of hydrogen-bond donors (Lipinski definition) is 1. The van der Waals surface area contributed by atoms with Crippen molar-refractivity contribution in [2.75, 3.05) is 19.7 Å². The van der Waals surface area contributed by atoms with Gasteiger partial charge in [-0.1, -0.05) is 0 Å². The molecule has 0 aliphatic carbocycles. The molecule has 1 saturated heterocycles. The van der Waals surface area contributed by atoms with Gasteiger partial charge in [0.15, 0.2) is 0 Å². The molecule has 0 spiro atoms. The van der Waals surface area contributed by atoms with E-state index in [1.807, 2.05) is 6.92 Å². The molecule has 5 heteroatoms. The lowest BCUT2D eigenvalue weighted by atomic mass is 10.1. The number of rotatable bonds is 3. The van der Waals surface area contributed by atoms with Crippen LogP contribution in [0.1, 0.15) is 12.6 Å². The Morgan fingerprint density at radius 2 is 2.50 bits per heavy atom. The highest BCUT2D eigenvalue weighted by molar-refractivity contribution is 4.95. The maximum atomic E-state index is 5.84. The second-order valence-electron chi connectivity index (χ2n) is 4.20. The van der Waals surface area contributed by atoms with Crippen LogP contribution in [0.15, 0.2) is 18.6 Å². The van der Waals surface area contributed by atoms with Gasteiger partial charge in [0, 0.05) is 44.3 Å². The number of hydrogen-bond acceptors (Lipinski definition) is 5. The van der Waals surface area contributed by atoms with Gasteiger partial charge < -0.3 is 10.5 Å². The number of aromatic nitrogens is 2. The van der Waals surface area contributed by atoms with E-state index in [1.54, 1.807) is 18.6 Å². The van der Waals surface area contributed by atoms with E-state index in [4.69, 9.17) is 10.5 Å². The van der Waals surface area contributed by atoms with Gasteiger partial charge in [-0.3, -0.25) is 14.9 Å². The third-order valence-electron chi connectivity index (χ3n) is 2.77. The van der Waals surface area contributed by atoms with Crippen molar-refractivity contribution in [3.63, 3.8) is 0 Å². The summed E-state index contributed by atoms with van der Waals surface area (Å²) in [7, 11) is 0. The smallest absolute Gasteiger partial charge is 0.0850 e. The van der Waals surface area contributed by atoms with Crippen LogP contribution in [0, 0.1) is 0 Å². The zero-order chi connectivity index (χ0) is 11.4. The lowest BCUT2D eigenvalue weighted by Gasteiger charge is -2.34. The molecule has 1 aliphatic rings. The second kappa shape index (κ2) is 5.34. The first-order chi connectivity index (χ1) is 7.75. The van der Waals surface area contributed by atoms with Gasteiger partial charge in [0.25, 0.3) is 0 Å². The second-order valence-corrected chi connectivity index (χ2v) is 4.20. The molecule has 0 aromatic carbocycles. The first-order valence-corrected chi connectivity index (χ1v) is 5.60. The highest BCUT2D eigenvalue weighted by atomic mass is 16.5. The van der Waals surface area contributed by atoms with E-state index in [2.05, 4.69) is 14.9 Å². The lowest BCUT2D eigenvalue weighted by molar-refractivity contribution is -0.0407. The molecule has 16 heavy (non-hydrogen) atoms. The molecule has 1 fully saturated rings. The Morgan fingerprint density at radius 1 is 1.62 bits per heavy atom. The van der Waals surface area contributed by atoms with E-state index in [9.17, 15) is 0 Å². The van der Waals surface area contributed by atoms with Crippen LogP contribution in [0.25, 0.3) is 0 Å². The van der Waals surface area contributed by atoms with Crippen molar-refractivity contribution in [1.29, 1.82) is 0 Å². The van der Waals surface area contributed by atoms with E-state index in [0.29, 0.717) is 0 Å². The van der Waals surface area contributed by atoms with Gasteiger partial charge in [-0.15, -0.1) is 0 Å². The predicted molar refractivity (Wildman–Crippen MR) is 60.7 cm³/mol. The summed E-state index contributed by atoms with van der Waals surface area (Å²) in [5.74, 6) is 0. The van der Waals surface area contributed by atoms with Crippen LogP contribution in [0.5, 0.6) is 0 Å². The molecular formula is C11H18N4O. The summed E-state index contributed by atoms with van der Waals surface area (Å²) < 4.78 is 5.60. The van der Waals surface area contributed by atoms with Crippen molar-refractivity contribution >= 4 is 0 Å². The minimum absolute atomic E-state index is 0.0738. The van der Waals surface area contributed by atoms with Gasteiger partial charge in [0.2, 0.25) is 0 Å². The van der Waals surface area contributed by atoms with Crippen molar-refractivity contribution in [2.45, 2.75) is 25.6 Å². The minimum Gasteiger partial charge on any atom is -0.374 e. The van der Waals surface area contributed by atoms with Gasteiger partial charge in [-0.2, -0.15) is 0 Å². The normalized spacial score (nSPS) is 24.2. The standard InChI is InChI=1S/C11H18N4O/c1-9(12)11-8-15(4-5-16-11)7-10-6-13-2-3-14-10/h2-3,6,9,11H,4-5,7-8,12H2,1H3. The molecule has 2 heterocycles. The van der Waals surface area contributed by atoms with Gasteiger partial charge >= 0.3 is 0 Å². The molecule has 2 unspecified atom stereocenters. The Kier molecular flexibility index (Phi) is 3.82. The van der Waals surface area contributed by atoms with Crippen LogP contribution < -0.4 is 5.73 Å². The zero-order valence-corrected chi connectivity index (χ0v) is 9.54. The largest absolute Gasteiger partial charge is 0.374 e. The summed E-state index contributed by atoms with van der Waals surface area (Å²) in [6.07, 6.45) is 5.34. The van der Waals surface area contributed by atoms with Crippen molar-refractivity contribution in [3.8, 4) is 0 Å². The summed E-state index contributed by atoms with van der Waals surface area (Å²) in [4.78, 5) is 10.6. The Bertz CT molecular complexity index is 317. The fraction of sp³-hybridized carbons (Fsp3) is 0.636. The molecule has 1 aromatic rings. The molecule has 0 bridgehead atoms. The molecule has 1 aliphatic heterocycles. The van der Waals surface area contributed by atoms with Gasteiger partial charge in [-0.25, -0.2) is 0 Å². The lowest BCUT2D eigenvalue weighted by Crippen LogP contribution is -2.49. The van der Waals surface area contributed by atoms with E-state index in [0.717, 1.165) is 31.9 Å². The first-order valence-electron chi connectivity index (χ1n) is 5.60. The highest BCUT2D eigenvalue weighted by Gasteiger charge is 2.23. The Labute approximate surface area is 95.6 Å². The van der Waals surface area contributed by atoms with Gasteiger partial charge in [0.05, 0.1) is 18.4 Å². The number of morpholine rings is 1. The van der Waals surface area contributed by atoms with E-state index in [-0.39, 0.29) is 12.1 Å². The van der Waals surface area contributed by atoms with Crippen molar-refractivity contribution in [1.82, 2.24) is 14.9 Å². The zero-order valence-electron chi connectivity index (χ0n) is 9.54. The molecule has 0 radical (unpaired) electrons. The Hall–Kier alpha value is -1.04. The third kappa shape index (κ3) is 2.98. The summed E-state index contributed by atoms with van der Waals surface area (Å²) in [6.45, 7) is 5.34. The van der Waals surface area contributed by atoms with E-state index < -0.39 is 0 Å². The quantitative estimate of drug-likeness (QED) is 0.781. The summed E-state index contributed by atoms with van der Waals surface area (Å²) in [5, 5.41) is 0. The third-order valence-corrected chi connectivity index (χ3v) is 2.77. The number of ether oxygens (including phenoxy) is 1. The molecule has 0 saturated carbocycles. The Morgan fingerprint density at radius 3 is 3.19 bits per heavy atom. The molecule has 5 nitrogen and oxygen atoms in total. The maximum absolute atomic E-state index is 5.84. The number of nitrogens with two attached hydrogens (primary N) is 1. The summed E-state index contributed by atoms with van der Waals surface area (Å²) >= 11 is 0. The minimum atomic E-state index is 0.0738. The molecule has 2 N–H and O–H groups in total. The van der Waals surface area contributed by atoms with Crippen LogP contribution in [0.3, 0.4) is 0 Å². The topological polar surface area (TPSA) is 64.3 Å². The SMILES string of the molecule is CC(N)C1CN(Cc2cnccn2)CCO1. The van der Waals surface area contributed by atoms with Crippen LogP contribution >= 0.6 is 0 Å². The van der Waals surface area contributed by atoms with E-state index in [1.165, 1.54) is 0 Å². The number of nitrogens with zero attached hydrogens (tertiary/aromatic N) is 3. The van der Waals surface area contributed by atoms with Crippen LogP contribution in [-0.2, 0) is 11.3 Å². The average Bonchev–Trinajstić information content (AvgIpc) is 2.30. The van der Waals surface area contributed by atoms with E-state index >= 15 is 0 Å². The first kappa shape index (κ1) is 11.4. The molecule has 2 rings (SSSR count). The molecule has 0 amide bonds. The predicted octanol–water partition coefficient (Wildman–Crippen LogP) is 0.0246. The van der Waals surface area contributed by atoms with Gasteiger partial charge in [-0.05, 0) is 6.92 Å².